The number of aromatic nitrogens is 2. The Balaban J connectivity index is 1.23. The quantitative estimate of drug-likeness (QED) is 0.175. The number of hydrogen-bond acceptors (Lipinski definition) is 3. The van der Waals surface area contributed by atoms with Crippen molar-refractivity contribution >= 4 is 54.9 Å². The lowest BCUT2D eigenvalue weighted by Crippen LogP contribution is -2.09. The maximum absolute atomic E-state index is 6.94. The van der Waals surface area contributed by atoms with Crippen molar-refractivity contribution in [3.05, 3.63) is 157 Å². The van der Waals surface area contributed by atoms with Crippen LogP contribution in [-0.2, 0) is 0 Å². The Hall–Kier alpha value is -6.39. The fourth-order valence-electron chi connectivity index (χ4n) is 8.16. The van der Waals surface area contributed by atoms with Gasteiger partial charge < -0.3 is 8.83 Å². The molecule has 0 atom stereocenters. The highest BCUT2D eigenvalue weighted by Gasteiger charge is 2.26. The molecule has 0 radical (unpaired) electrons. The Bertz CT molecular complexity index is 2980. The first-order valence-electron chi connectivity index (χ1n) is 18.5. The molecule has 7 aromatic carbocycles. The monoisotopic (exact) mass is 686 g/mol. The van der Waals surface area contributed by atoms with E-state index in [0.717, 1.165) is 83.0 Å². The van der Waals surface area contributed by atoms with Crippen molar-refractivity contribution in [1.29, 1.82) is 0 Å². The summed E-state index contributed by atoms with van der Waals surface area (Å²) in [5, 5.41) is 4.46. The van der Waals surface area contributed by atoms with E-state index in [9.17, 15) is 0 Å². The lowest BCUT2D eigenvalue weighted by Gasteiger charge is -2.24. The van der Waals surface area contributed by atoms with Gasteiger partial charge >= 0.3 is 0 Å². The van der Waals surface area contributed by atoms with E-state index >= 15 is 0 Å². The fraction of sp³-hybridized carbons (Fsp3) is 0.122. The van der Waals surface area contributed by atoms with Crippen molar-refractivity contribution < 1.29 is 8.83 Å². The van der Waals surface area contributed by atoms with Crippen molar-refractivity contribution in [2.24, 2.45) is 0 Å². The SMILES string of the molecule is CC(C)c1cc(-c2ccc3c(c2)oc2ccccc23)cc(C(C)C)c1-n1c(-c2cccc3c2oc2c(-c4ccccc4)cccc23)nc2ccccc21. The third kappa shape index (κ3) is 4.93. The van der Waals surface area contributed by atoms with Gasteiger partial charge in [-0.3, -0.25) is 4.57 Å². The lowest BCUT2D eigenvalue weighted by molar-refractivity contribution is 0.669. The molecule has 0 aliphatic carbocycles. The summed E-state index contributed by atoms with van der Waals surface area (Å²) in [5.74, 6) is 1.35. The van der Waals surface area contributed by atoms with Crippen molar-refractivity contribution in [2.75, 3.05) is 0 Å². The van der Waals surface area contributed by atoms with E-state index < -0.39 is 0 Å². The number of hydrogen-bond donors (Lipinski definition) is 0. The van der Waals surface area contributed by atoms with Crippen LogP contribution in [0.15, 0.2) is 154 Å². The fourth-order valence-corrected chi connectivity index (χ4v) is 8.16. The molecule has 3 heterocycles. The van der Waals surface area contributed by atoms with Gasteiger partial charge in [-0.2, -0.15) is 0 Å². The van der Waals surface area contributed by atoms with Gasteiger partial charge in [-0.25, -0.2) is 4.98 Å². The molecule has 0 bridgehead atoms. The van der Waals surface area contributed by atoms with E-state index in [1.807, 2.05) is 18.2 Å². The van der Waals surface area contributed by atoms with Crippen molar-refractivity contribution in [1.82, 2.24) is 9.55 Å². The van der Waals surface area contributed by atoms with Gasteiger partial charge in [0, 0.05) is 27.1 Å². The zero-order chi connectivity index (χ0) is 35.8. The molecule has 0 aliphatic heterocycles. The second-order valence-electron chi connectivity index (χ2n) is 14.7. The average molecular weight is 687 g/mol. The van der Waals surface area contributed by atoms with E-state index in [1.54, 1.807) is 0 Å². The van der Waals surface area contributed by atoms with Gasteiger partial charge in [0.05, 0.1) is 22.3 Å². The van der Waals surface area contributed by atoms with Gasteiger partial charge in [0.2, 0.25) is 0 Å². The predicted octanol–water partition coefficient (Wildman–Crippen LogP) is 14.1. The third-order valence-electron chi connectivity index (χ3n) is 10.8. The average Bonchev–Trinajstić information content (AvgIpc) is 3.88. The number of imidazole rings is 1. The van der Waals surface area contributed by atoms with E-state index in [1.165, 1.54) is 22.4 Å². The first-order valence-corrected chi connectivity index (χ1v) is 18.5. The molecule has 0 N–H and O–H groups in total. The van der Waals surface area contributed by atoms with Crippen LogP contribution in [0.25, 0.3) is 94.2 Å². The molecule has 0 saturated carbocycles. The number of rotatable bonds is 6. The summed E-state index contributed by atoms with van der Waals surface area (Å²) in [6.07, 6.45) is 0. The molecular formula is C49H38N2O2. The van der Waals surface area contributed by atoms with Gasteiger partial charge in [0.25, 0.3) is 0 Å². The molecule has 53 heavy (non-hydrogen) atoms. The second kappa shape index (κ2) is 12.1. The number of benzene rings is 7. The Morgan fingerprint density at radius 2 is 1.09 bits per heavy atom. The summed E-state index contributed by atoms with van der Waals surface area (Å²) >= 11 is 0. The smallest absolute Gasteiger partial charge is 0.149 e. The second-order valence-corrected chi connectivity index (χ2v) is 14.7. The summed E-state index contributed by atoms with van der Waals surface area (Å²) in [7, 11) is 0. The van der Waals surface area contributed by atoms with Gasteiger partial charge in [-0.15, -0.1) is 0 Å². The van der Waals surface area contributed by atoms with Gasteiger partial charge in [-0.1, -0.05) is 125 Å². The van der Waals surface area contributed by atoms with Crippen LogP contribution in [0.2, 0.25) is 0 Å². The van der Waals surface area contributed by atoms with Crippen LogP contribution >= 0.6 is 0 Å². The van der Waals surface area contributed by atoms with E-state index in [0.29, 0.717) is 0 Å². The van der Waals surface area contributed by atoms with Gasteiger partial charge in [0.1, 0.15) is 28.2 Å². The maximum atomic E-state index is 6.94. The van der Waals surface area contributed by atoms with E-state index in [-0.39, 0.29) is 11.8 Å². The van der Waals surface area contributed by atoms with Crippen LogP contribution in [0.3, 0.4) is 0 Å². The van der Waals surface area contributed by atoms with E-state index in [4.69, 9.17) is 13.8 Å². The maximum Gasteiger partial charge on any atom is 0.149 e. The Kier molecular flexibility index (Phi) is 7.16. The third-order valence-corrected chi connectivity index (χ3v) is 10.8. The zero-order valence-corrected chi connectivity index (χ0v) is 30.2. The number of fused-ring (bicyclic) bond motifs is 7. The molecule has 0 aliphatic rings. The Labute approximate surface area is 307 Å². The molecule has 0 unspecified atom stereocenters. The Morgan fingerprint density at radius 1 is 0.472 bits per heavy atom. The highest BCUT2D eigenvalue weighted by atomic mass is 16.3. The molecule has 4 nitrogen and oxygen atoms in total. The van der Waals surface area contributed by atoms with Crippen LogP contribution in [0.1, 0.15) is 50.7 Å². The van der Waals surface area contributed by atoms with Gasteiger partial charge in [0.15, 0.2) is 0 Å². The molecule has 0 spiro atoms. The first kappa shape index (κ1) is 31.4. The molecule has 10 rings (SSSR count). The van der Waals surface area contributed by atoms with Crippen molar-refractivity contribution in [3.63, 3.8) is 0 Å². The van der Waals surface area contributed by atoms with Crippen LogP contribution in [0, 0.1) is 0 Å². The summed E-state index contributed by atoms with van der Waals surface area (Å²) < 4.78 is 15.7. The molecule has 0 fully saturated rings. The topological polar surface area (TPSA) is 44.1 Å². The molecule has 4 heteroatoms. The molecular weight excluding hydrogens is 649 g/mol. The summed E-state index contributed by atoms with van der Waals surface area (Å²) in [4.78, 5) is 5.39. The van der Waals surface area contributed by atoms with Gasteiger partial charge in [-0.05, 0) is 88.2 Å². The highest BCUT2D eigenvalue weighted by Crippen LogP contribution is 2.44. The molecule has 3 aromatic heterocycles. The van der Waals surface area contributed by atoms with Crippen molar-refractivity contribution in [3.8, 4) is 39.3 Å². The van der Waals surface area contributed by atoms with E-state index in [2.05, 4.69) is 160 Å². The normalized spacial score (nSPS) is 12.1. The molecule has 0 amide bonds. The summed E-state index contributed by atoms with van der Waals surface area (Å²) in [5.41, 5.74) is 14.8. The molecule has 256 valence electrons. The lowest BCUT2D eigenvalue weighted by atomic mass is 9.88. The number of furan rings is 2. The van der Waals surface area contributed by atoms with Crippen LogP contribution < -0.4 is 0 Å². The molecule has 10 aromatic rings. The minimum absolute atomic E-state index is 0.238. The number of nitrogens with zero attached hydrogens (tertiary/aromatic N) is 2. The first-order chi connectivity index (χ1) is 25.9. The minimum atomic E-state index is 0.238. The van der Waals surface area contributed by atoms with Crippen LogP contribution in [-0.4, -0.2) is 9.55 Å². The van der Waals surface area contributed by atoms with Crippen LogP contribution in [0.5, 0.6) is 0 Å². The largest absolute Gasteiger partial charge is 0.456 e. The van der Waals surface area contributed by atoms with Crippen LogP contribution in [0.4, 0.5) is 0 Å². The summed E-state index contributed by atoms with van der Waals surface area (Å²) in [6, 6.07) is 51.5. The number of para-hydroxylation sites is 5. The Morgan fingerprint density at radius 3 is 1.85 bits per heavy atom. The highest BCUT2D eigenvalue weighted by molar-refractivity contribution is 6.13. The molecule has 0 saturated heterocycles. The zero-order valence-electron chi connectivity index (χ0n) is 30.2. The van der Waals surface area contributed by atoms with Crippen molar-refractivity contribution in [2.45, 2.75) is 39.5 Å². The standard InChI is InChI=1S/C49H38N2O2/c1-29(2)40-26-33(32-24-25-36-35-16-8-11-23-44(35)52-45(36)28-32)27-41(30(3)4)46(40)51-43-22-10-9-21-42(43)50-49(51)39-20-13-19-38-37-18-12-17-34(47(37)53-48(38)39)31-14-6-5-7-15-31/h5-30H,1-4H3. The predicted molar refractivity (Wildman–Crippen MR) is 220 cm³/mol. The summed E-state index contributed by atoms with van der Waals surface area (Å²) in [6.45, 7) is 9.16. The minimum Gasteiger partial charge on any atom is -0.456 e.